The van der Waals surface area contributed by atoms with Gasteiger partial charge in [-0.05, 0) is 29.4 Å². The van der Waals surface area contributed by atoms with Gasteiger partial charge in [0.1, 0.15) is 11.1 Å². The van der Waals surface area contributed by atoms with Crippen molar-refractivity contribution in [3.8, 4) is 0 Å². The number of hydrogen-bond acceptors (Lipinski definition) is 8. The number of ether oxygens (including phenoxy) is 1. The number of carbonyl (C=O) groups excluding carboxylic acids is 1. The van der Waals surface area contributed by atoms with Crippen LogP contribution in [0.15, 0.2) is 21.2 Å². The van der Waals surface area contributed by atoms with E-state index in [2.05, 4.69) is 24.9 Å². The molecule has 0 saturated heterocycles. The highest BCUT2D eigenvalue weighted by atomic mass is 19.4. The second kappa shape index (κ2) is 5.13. The summed E-state index contributed by atoms with van der Waals surface area (Å²) in [4.78, 5) is 20.2. The van der Waals surface area contributed by atoms with E-state index in [0.29, 0.717) is 0 Å². The molecule has 4 rings (SSSR count). The highest BCUT2D eigenvalue weighted by Crippen LogP contribution is 2.40. The second-order valence-corrected chi connectivity index (χ2v) is 4.97. The monoisotopic (exact) mass is 352 g/mol. The van der Waals surface area contributed by atoms with E-state index < -0.39 is 23.5 Å². The predicted molar refractivity (Wildman–Crippen MR) is 75.6 cm³/mol. The van der Waals surface area contributed by atoms with Crippen LogP contribution >= 0.6 is 0 Å². The third-order valence-corrected chi connectivity index (χ3v) is 3.45. The van der Waals surface area contributed by atoms with Crippen molar-refractivity contribution in [2.75, 3.05) is 6.61 Å². The van der Waals surface area contributed by atoms with Crippen molar-refractivity contribution in [3.05, 3.63) is 23.5 Å². The molecule has 0 unspecified atom stereocenters. The maximum absolute atomic E-state index is 13.3. The van der Waals surface area contributed by atoms with Gasteiger partial charge in [-0.15, -0.1) is 0 Å². The molecular formula is C14H7F3N4O4. The van der Waals surface area contributed by atoms with E-state index in [9.17, 15) is 18.0 Å². The lowest BCUT2D eigenvalue weighted by molar-refractivity contribution is -0.152. The Labute approximate surface area is 135 Å². The number of hydrogen-bond donors (Lipinski definition) is 0. The van der Waals surface area contributed by atoms with Crippen LogP contribution in [0.5, 0.6) is 0 Å². The first kappa shape index (κ1) is 15.3. The maximum Gasteiger partial charge on any atom is 0.450 e. The lowest BCUT2D eigenvalue weighted by atomic mass is 10.1. The van der Waals surface area contributed by atoms with Crippen molar-refractivity contribution in [1.29, 1.82) is 0 Å². The SMILES string of the molecule is CCOC(=O)c1c(C(F)(F)F)oc2c1ccc1nc3nonc3nc12. The molecule has 128 valence electrons. The molecule has 0 fully saturated rings. The molecule has 11 heteroatoms. The summed E-state index contributed by atoms with van der Waals surface area (Å²) in [5, 5.41) is 6.94. The topological polar surface area (TPSA) is 104 Å². The van der Waals surface area contributed by atoms with Crippen molar-refractivity contribution < 1.29 is 31.7 Å². The molecule has 0 saturated carbocycles. The maximum atomic E-state index is 13.3. The van der Waals surface area contributed by atoms with Crippen LogP contribution < -0.4 is 0 Å². The highest BCUT2D eigenvalue weighted by Gasteiger charge is 2.42. The molecule has 0 spiro atoms. The number of esters is 1. The summed E-state index contributed by atoms with van der Waals surface area (Å²) in [6.45, 7) is 1.41. The molecule has 0 amide bonds. The summed E-state index contributed by atoms with van der Waals surface area (Å²) in [5.41, 5.74) is -0.630. The zero-order valence-electron chi connectivity index (χ0n) is 12.4. The van der Waals surface area contributed by atoms with Gasteiger partial charge < -0.3 is 9.15 Å². The van der Waals surface area contributed by atoms with E-state index in [-0.39, 0.29) is 39.9 Å². The highest BCUT2D eigenvalue weighted by molar-refractivity contribution is 6.11. The molecule has 0 aliphatic rings. The Hall–Kier alpha value is -3.24. The van der Waals surface area contributed by atoms with Crippen LogP contribution in [0, 0.1) is 0 Å². The van der Waals surface area contributed by atoms with Crippen LogP contribution in [-0.4, -0.2) is 32.9 Å². The first-order valence-corrected chi connectivity index (χ1v) is 7.00. The van der Waals surface area contributed by atoms with Gasteiger partial charge in [-0.3, -0.25) is 0 Å². The number of rotatable bonds is 2. The van der Waals surface area contributed by atoms with E-state index in [1.54, 1.807) is 0 Å². The molecule has 0 N–H and O–H groups in total. The van der Waals surface area contributed by atoms with Gasteiger partial charge in [0.05, 0.1) is 12.1 Å². The molecule has 3 aromatic heterocycles. The Bertz CT molecular complexity index is 1130. The smallest absolute Gasteiger partial charge is 0.450 e. The van der Waals surface area contributed by atoms with Crippen LogP contribution in [0.4, 0.5) is 13.2 Å². The minimum atomic E-state index is -4.89. The summed E-state index contributed by atoms with van der Waals surface area (Å²) in [6.07, 6.45) is -4.89. The second-order valence-electron chi connectivity index (χ2n) is 4.97. The Morgan fingerprint density at radius 3 is 2.60 bits per heavy atom. The van der Waals surface area contributed by atoms with Gasteiger partial charge in [0.25, 0.3) is 0 Å². The van der Waals surface area contributed by atoms with Gasteiger partial charge in [-0.2, -0.15) is 13.2 Å². The van der Waals surface area contributed by atoms with Crippen LogP contribution in [0.2, 0.25) is 0 Å². The number of carbonyl (C=O) groups is 1. The molecule has 0 atom stereocenters. The summed E-state index contributed by atoms with van der Waals surface area (Å²) in [7, 11) is 0. The van der Waals surface area contributed by atoms with E-state index in [4.69, 9.17) is 9.15 Å². The molecule has 3 heterocycles. The first-order valence-electron chi connectivity index (χ1n) is 7.00. The lowest BCUT2D eigenvalue weighted by Gasteiger charge is -2.05. The number of halogens is 3. The third kappa shape index (κ3) is 2.27. The average molecular weight is 352 g/mol. The molecule has 0 aliphatic carbocycles. The minimum Gasteiger partial charge on any atom is -0.462 e. The quantitative estimate of drug-likeness (QED) is 0.507. The Morgan fingerprint density at radius 1 is 1.20 bits per heavy atom. The zero-order valence-corrected chi connectivity index (χ0v) is 12.4. The van der Waals surface area contributed by atoms with E-state index in [1.165, 1.54) is 19.1 Å². The van der Waals surface area contributed by atoms with Crippen LogP contribution in [0.3, 0.4) is 0 Å². The molecule has 25 heavy (non-hydrogen) atoms. The Morgan fingerprint density at radius 2 is 1.92 bits per heavy atom. The number of benzene rings is 1. The van der Waals surface area contributed by atoms with E-state index in [0.717, 1.165) is 0 Å². The summed E-state index contributed by atoms with van der Waals surface area (Å²) in [5.74, 6) is -2.58. The number of nitrogens with zero attached hydrogens (tertiary/aromatic N) is 4. The van der Waals surface area contributed by atoms with Gasteiger partial charge in [0, 0.05) is 5.39 Å². The number of aromatic nitrogens is 4. The van der Waals surface area contributed by atoms with Gasteiger partial charge in [-0.25, -0.2) is 19.4 Å². The van der Waals surface area contributed by atoms with Crippen molar-refractivity contribution in [3.63, 3.8) is 0 Å². The van der Waals surface area contributed by atoms with Gasteiger partial charge >= 0.3 is 12.1 Å². The molecule has 0 radical (unpaired) electrons. The van der Waals surface area contributed by atoms with Crippen molar-refractivity contribution in [1.82, 2.24) is 20.3 Å². The molecule has 0 aliphatic heterocycles. The largest absolute Gasteiger partial charge is 0.462 e. The number of alkyl halides is 3. The number of furan rings is 1. The average Bonchev–Trinajstić information content (AvgIpc) is 3.16. The normalized spacial score (nSPS) is 12.3. The van der Waals surface area contributed by atoms with Crippen LogP contribution in [0.25, 0.3) is 33.3 Å². The van der Waals surface area contributed by atoms with Crippen molar-refractivity contribution in [2.45, 2.75) is 13.1 Å². The number of fused-ring (bicyclic) bond motifs is 4. The molecule has 8 nitrogen and oxygen atoms in total. The van der Waals surface area contributed by atoms with Crippen molar-refractivity contribution in [2.24, 2.45) is 0 Å². The lowest BCUT2D eigenvalue weighted by Crippen LogP contribution is -2.13. The third-order valence-electron chi connectivity index (χ3n) is 3.45. The fraction of sp³-hybridized carbons (Fsp3) is 0.214. The summed E-state index contributed by atoms with van der Waals surface area (Å²) < 4.78 is 54.1. The van der Waals surface area contributed by atoms with Gasteiger partial charge in [-0.1, -0.05) is 0 Å². The first-order chi connectivity index (χ1) is 11.9. The Balaban J connectivity index is 2.11. The zero-order chi connectivity index (χ0) is 17.8. The van der Waals surface area contributed by atoms with E-state index >= 15 is 0 Å². The minimum absolute atomic E-state index is 0.00162. The molecule has 1 aromatic carbocycles. The van der Waals surface area contributed by atoms with Gasteiger partial charge in [0.2, 0.25) is 17.1 Å². The van der Waals surface area contributed by atoms with Crippen LogP contribution in [0.1, 0.15) is 23.0 Å². The molecule has 0 bridgehead atoms. The van der Waals surface area contributed by atoms with Crippen LogP contribution in [-0.2, 0) is 10.9 Å². The summed E-state index contributed by atoms with van der Waals surface area (Å²) >= 11 is 0. The standard InChI is InChI=1S/C14H7F3N4O4/c1-2-23-13(22)7-5-3-4-6-8(9(5)24-10(7)14(15,16)17)19-12-11(18-6)20-25-21-12/h3-4H,2H2,1H3. The molecular weight excluding hydrogens is 345 g/mol. The molecule has 4 aromatic rings. The van der Waals surface area contributed by atoms with Crippen molar-refractivity contribution >= 4 is 39.3 Å². The summed E-state index contributed by atoms with van der Waals surface area (Å²) in [6, 6.07) is 2.69. The van der Waals surface area contributed by atoms with Gasteiger partial charge in [0.15, 0.2) is 5.58 Å². The fourth-order valence-electron chi connectivity index (χ4n) is 2.48. The van der Waals surface area contributed by atoms with E-state index in [1.807, 2.05) is 0 Å². The predicted octanol–water partition coefficient (Wildman–Crippen LogP) is 3.11. The Kier molecular flexibility index (Phi) is 3.14. The fourth-order valence-corrected chi connectivity index (χ4v) is 2.48.